The van der Waals surface area contributed by atoms with E-state index >= 15 is 0 Å². The summed E-state index contributed by atoms with van der Waals surface area (Å²) in [6.45, 7) is 4.89. The molecule has 0 saturated carbocycles. The molecular formula is C13H23ClN4O. The van der Waals surface area contributed by atoms with Crippen LogP contribution in [0, 0.1) is 5.92 Å². The van der Waals surface area contributed by atoms with Crippen LogP contribution in [0.1, 0.15) is 32.6 Å². The third kappa shape index (κ3) is 4.51. The average Bonchev–Trinajstić information content (AvgIpc) is 2.84. The number of hydrogen-bond donors (Lipinski definition) is 2. The Labute approximate surface area is 120 Å². The predicted molar refractivity (Wildman–Crippen MR) is 78.6 cm³/mol. The lowest BCUT2D eigenvalue weighted by Gasteiger charge is -2.21. The van der Waals surface area contributed by atoms with Gasteiger partial charge in [0, 0.05) is 18.5 Å². The van der Waals surface area contributed by atoms with Gasteiger partial charge in [-0.1, -0.05) is 13.3 Å². The number of carbonyl (C=O) groups excluding carboxylic acids is 1. The maximum absolute atomic E-state index is 12.1. The molecule has 1 saturated heterocycles. The van der Waals surface area contributed by atoms with Crippen molar-refractivity contribution in [2.45, 2.75) is 39.2 Å². The van der Waals surface area contributed by atoms with Crippen molar-refractivity contribution in [1.82, 2.24) is 15.1 Å². The van der Waals surface area contributed by atoms with Crippen molar-refractivity contribution >= 4 is 24.1 Å². The molecule has 0 radical (unpaired) electrons. The number of piperidine rings is 1. The summed E-state index contributed by atoms with van der Waals surface area (Å²) in [7, 11) is 0. The quantitative estimate of drug-likeness (QED) is 0.871. The second-order valence-electron chi connectivity index (χ2n) is 4.81. The largest absolute Gasteiger partial charge is 0.317 e. The van der Waals surface area contributed by atoms with Crippen molar-refractivity contribution in [2.24, 2.45) is 5.92 Å². The molecule has 1 aliphatic heterocycles. The predicted octanol–water partition coefficient (Wildman–Crippen LogP) is 2.04. The lowest BCUT2D eigenvalue weighted by atomic mass is 9.97. The highest BCUT2D eigenvalue weighted by molar-refractivity contribution is 5.91. The Morgan fingerprint density at radius 1 is 1.53 bits per heavy atom. The van der Waals surface area contributed by atoms with E-state index in [1.807, 2.05) is 10.7 Å². The molecule has 0 aliphatic carbocycles. The lowest BCUT2D eigenvalue weighted by Crippen LogP contribution is -2.35. The van der Waals surface area contributed by atoms with E-state index in [0.29, 0.717) is 0 Å². The Hall–Kier alpha value is -1.07. The van der Waals surface area contributed by atoms with Crippen molar-refractivity contribution in [3.8, 4) is 0 Å². The van der Waals surface area contributed by atoms with Crippen molar-refractivity contribution in [1.29, 1.82) is 0 Å². The van der Waals surface area contributed by atoms with E-state index in [-0.39, 0.29) is 24.2 Å². The van der Waals surface area contributed by atoms with Gasteiger partial charge in [-0.3, -0.25) is 4.79 Å². The number of carbonyl (C=O) groups is 1. The van der Waals surface area contributed by atoms with Crippen LogP contribution in [0.4, 0.5) is 5.82 Å². The SMILES string of the molecule is CCCCn1nccc1NC(=O)C1CCNCC1.Cl. The normalized spacial score (nSPS) is 15.8. The highest BCUT2D eigenvalue weighted by Crippen LogP contribution is 2.15. The Morgan fingerprint density at radius 3 is 2.95 bits per heavy atom. The number of halogens is 1. The van der Waals surface area contributed by atoms with Gasteiger partial charge in [-0.25, -0.2) is 4.68 Å². The van der Waals surface area contributed by atoms with Crippen molar-refractivity contribution in [3.63, 3.8) is 0 Å². The van der Waals surface area contributed by atoms with Crippen LogP contribution < -0.4 is 10.6 Å². The zero-order chi connectivity index (χ0) is 12.8. The standard InChI is InChI=1S/C13H22N4O.ClH/c1-2-3-10-17-12(6-9-15-17)16-13(18)11-4-7-14-8-5-11;/h6,9,11,14H,2-5,7-8,10H2,1H3,(H,16,18);1H. The number of nitrogens with one attached hydrogen (secondary N) is 2. The first-order valence-electron chi connectivity index (χ1n) is 6.84. The molecular weight excluding hydrogens is 264 g/mol. The highest BCUT2D eigenvalue weighted by Gasteiger charge is 2.21. The Kier molecular flexibility index (Phi) is 6.87. The van der Waals surface area contributed by atoms with E-state index in [2.05, 4.69) is 22.7 Å². The number of unbranched alkanes of at least 4 members (excludes halogenated alkanes) is 1. The smallest absolute Gasteiger partial charge is 0.228 e. The van der Waals surface area contributed by atoms with Gasteiger partial charge in [0.1, 0.15) is 5.82 Å². The van der Waals surface area contributed by atoms with Gasteiger partial charge >= 0.3 is 0 Å². The maximum atomic E-state index is 12.1. The molecule has 1 aromatic heterocycles. The zero-order valence-electron chi connectivity index (χ0n) is 11.4. The average molecular weight is 287 g/mol. The maximum Gasteiger partial charge on any atom is 0.228 e. The molecule has 6 heteroatoms. The summed E-state index contributed by atoms with van der Waals surface area (Å²) in [5, 5.41) is 10.5. The topological polar surface area (TPSA) is 59.0 Å². The molecule has 108 valence electrons. The Bertz CT molecular complexity index is 388. The molecule has 1 aromatic rings. The van der Waals surface area contributed by atoms with Crippen LogP contribution in [0.5, 0.6) is 0 Å². The molecule has 0 aromatic carbocycles. The first kappa shape index (κ1) is 16.0. The first-order valence-corrected chi connectivity index (χ1v) is 6.84. The van der Waals surface area contributed by atoms with Crippen LogP contribution >= 0.6 is 12.4 Å². The summed E-state index contributed by atoms with van der Waals surface area (Å²) in [6.07, 6.45) is 5.80. The van der Waals surface area contributed by atoms with Crippen molar-refractivity contribution in [3.05, 3.63) is 12.3 Å². The molecule has 2 N–H and O–H groups in total. The minimum absolute atomic E-state index is 0. The number of aryl methyl sites for hydroxylation is 1. The fourth-order valence-corrected chi connectivity index (χ4v) is 2.24. The van der Waals surface area contributed by atoms with E-state index in [9.17, 15) is 4.79 Å². The van der Waals surface area contributed by atoms with Gasteiger partial charge in [-0.05, 0) is 32.4 Å². The molecule has 0 atom stereocenters. The second-order valence-corrected chi connectivity index (χ2v) is 4.81. The summed E-state index contributed by atoms with van der Waals surface area (Å²) in [5.41, 5.74) is 0. The lowest BCUT2D eigenvalue weighted by molar-refractivity contribution is -0.120. The molecule has 5 nitrogen and oxygen atoms in total. The van der Waals surface area contributed by atoms with Crippen LogP contribution in [-0.2, 0) is 11.3 Å². The Morgan fingerprint density at radius 2 is 2.26 bits per heavy atom. The number of nitrogens with zero attached hydrogens (tertiary/aromatic N) is 2. The first-order chi connectivity index (χ1) is 8.81. The molecule has 0 spiro atoms. The van der Waals surface area contributed by atoms with Crippen LogP contribution in [0.3, 0.4) is 0 Å². The second kappa shape index (κ2) is 8.17. The minimum Gasteiger partial charge on any atom is -0.317 e. The van der Waals surface area contributed by atoms with Gasteiger partial charge in [0.2, 0.25) is 5.91 Å². The highest BCUT2D eigenvalue weighted by atomic mass is 35.5. The van der Waals surface area contributed by atoms with E-state index < -0.39 is 0 Å². The van der Waals surface area contributed by atoms with E-state index in [1.54, 1.807) is 6.20 Å². The van der Waals surface area contributed by atoms with Crippen LogP contribution in [-0.4, -0.2) is 28.8 Å². The number of hydrogen-bond acceptors (Lipinski definition) is 3. The summed E-state index contributed by atoms with van der Waals surface area (Å²) in [4.78, 5) is 12.1. The number of amides is 1. The van der Waals surface area contributed by atoms with Gasteiger partial charge in [-0.15, -0.1) is 12.4 Å². The van der Waals surface area contributed by atoms with Gasteiger partial charge < -0.3 is 10.6 Å². The number of anilines is 1. The Balaban J connectivity index is 0.00000180. The molecule has 1 fully saturated rings. The summed E-state index contributed by atoms with van der Waals surface area (Å²) in [6, 6.07) is 1.87. The van der Waals surface area contributed by atoms with Crippen LogP contribution in [0.2, 0.25) is 0 Å². The molecule has 0 bridgehead atoms. The van der Waals surface area contributed by atoms with Gasteiger partial charge in [0.05, 0.1) is 6.20 Å². The van der Waals surface area contributed by atoms with E-state index in [4.69, 9.17) is 0 Å². The molecule has 1 aliphatic rings. The number of rotatable bonds is 5. The summed E-state index contributed by atoms with van der Waals surface area (Å²) in [5.74, 6) is 1.10. The third-order valence-electron chi connectivity index (χ3n) is 3.40. The fourth-order valence-electron chi connectivity index (χ4n) is 2.24. The van der Waals surface area contributed by atoms with Gasteiger partial charge in [0.15, 0.2) is 0 Å². The molecule has 0 unspecified atom stereocenters. The van der Waals surface area contributed by atoms with E-state index in [1.165, 1.54) is 0 Å². The van der Waals surface area contributed by atoms with E-state index in [0.717, 1.165) is 51.1 Å². The van der Waals surface area contributed by atoms with Crippen LogP contribution in [0.15, 0.2) is 12.3 Å². The third-order valence-corrected chi connectivity index (χ3v) is 3.40. The monoisotopic (exact) mass is 286 g/mol. The molecule has 2 rings (SSSR count). The molecule has 1 amide bonds. The zero-order valence-corrected chi connectivity index (χ0v) is 12.2. The fraction of sp³-hybridized carbons (Fsp3) is 0.692. The molecule has 19 heavy (non-hydrogen) atoms. The summed E-state index contributed by atoms with van der Waals surface area (Å²) < 4.78 is 1.88. The van der Waals surface area contributed by atoms with Gasteiger partial charge in [-0.2, -0.15) is 5.10 Å². The van der Waals surface area contributed by atoms with Gasteiger partial charge in [0.25, 0.3) is 0 Å². The minimum atomic E-state index is 0. The van der Waals surface area contributed by atoms with Crippen molar-refractivity contribution < 1.29 is 4.79 Å². The summed E-state index contributed by atoms with van der Waals surface area (Å²) >= 11 is 0. The number of aromatic nitrogens is 2. The molecule has 2 heterocycles. The van der Waals surface area contributed by atoms with Crippen molar-refractivity contribution in [2.75, 3.05) is 18.4 Å². The van der Waals surface area contributed by atoms with Crippen LogP contribution in [0.25, 0.3) is 0 Å².